The zero-order valence-electron chi connectivity index (χ0n) is 12.5. The predicted molar refractivity (Wildman–Crippen MR) is 80.9 cm³/mol. The number of aliphatic hydroxyl groups is 1. The van der Waals surface area contributed by atoms with Crippen LogP contribution in [0.2, 0.25) is 0 Å². The monoisotopic (exact) mass is 394 g/mol. The van der Waals surface area contributed by atoms with Gasteiger partial charge in [-0.05, 0) is 29.6 Å². The Morgan fingerprint density at radius 2 is 1.73 bits per heavy atom. The summed E-state index contributed by atoms with van der Waals surface area (Å²) < 4.78 is 76.0. The Labute approximate surface area is 146 Å². The maximum Gasteiger partial charge on any atom is 0.456 e. The number of halogens is 6. The maximum atomic E-state index is 12.7. The zero-order valence-corrected chi connectivity index (χ0v) is 13.3. The number of aliphatic hydroxyl groups excluding tert-OH is 1. The molecule has 0 radical (unpaired) electrons. The van der Waals surface area contributed by atoms with Crippen LogP contribution in [-0.4, -0.2) is 17.1 Å². The number of Topliss-reactive ketones (excluding diaryl/α,β-unsaturated/α-hetero) is 1. The number of ketones is 1. The molecular formula is C15H8F6N2O2S. The minimum Gasteiger partial charge on any atom is -0.504 e. The summed E-state index contributed by atoms with van der Waals surface area (Å²) in [6.45, 7) is 0. The van der Waals surface area contributed by atoms with E-state index in [2.05, 4.69) is 10.2 Å². The summed E-state index contributed by atoms with van der Waals surface area (Å²) in [5.74, 6) is -3.54. The first-order chi connectivity index (χ1) is 12.0. The standard InChI is InChI=1S/C15H8F6N2O2S/c16-14(17,18)8-3-1-4-9(7-8)22-23-11(13(25)15(19,20)21)12(24)10-5-2-6-26-10/h1-7,24H/b12-11+,23-22?. The Kier molecular flexibility index (Phi) is 5.50. The number of azo groups is 1. The molecule has 0 amide bonds. The van der Waals surface area contributed by atoms with E-state index in [4.69, 9.17) is 0 Å². The van der Waals surface area contributed by atoms with Crippen LogP contribution in [0.25, 0.3) is 5.76 Å². The quantitative estimate of drug-likeness (QED) is 0.303. The van der Waals surface area contributed by atoms with Gasteiger partial charge in [-0.2, -0.15) is 31.5 Å². The van der Waals surface area contributed by atoms with E-state index in [1.807, 2.05) is 0 Å². The van der Waals surface area contributed by atoms with Crippen LogP contribution in [0.1, 0.15) is 10.4 Å². The number of hydrogen-bond donors (Lipinski definition) is 1. The molecule has 0 fully saturated rings. The van der Waals surface area contributed by atoms with Crippen molar-refractivity contribution in [2.75, 3.05) is 0 Å². The summed E-state index contributed by atoms with van der Waals surface area (Å²) in [4.78, 5) is 11.4. The lowest BCUT2D eigenvalue weighted by Crippen LogP contribution is -2.24. The highest BCUT2D eigenvalue weighted by atomic mass is 32.1. The van der Waals surface area contributed by atoms with Gasteiger partial charge in [-0.25, -0.2) is 0 Å². The molecule has 11 heteroatoms. The van der Waals surface area contributed by atoms with E-state index >= 15 is 0 Å². The highest BCUT2D eigenvalue weighted by Crippen LogP contribution is 2.33. The Hall–Kier alpha value is -2.69. The largest absolute Gasteiger partial charge is 0.504 e. The molecule has 0 atom stereocenters. The molecule has 0 bridgehead atoms. The highest BCUT2D eigenvalue weighted by Gasteiger charge is 2.43. The van der Waals surface area contributed by atoms with Gasteiger partial charge in [0.15, 0.2) is 11.5 Å². The third kappa shape index (κ3) is 4.69. The minimum atomic E-state index is -5.35. The first kappa shape index (κ1) is 19.6. The molecule has 0 saturated heterocycles. The molecule has 0 aliphatic carbocycles. The molecule has 4 nitrogen and oxygen atoms in total. The number of allylic oxidation sites excluding steroid dienone is 1. The van der Waals surface area contributed by atoms with Crippen LogP contribution in [0, 0.1) is 0 Å². The van der Waals surface area contributed by atoms with E-state index in [0.717, 1.165) is 29.5 Å². The summed E-state index contributed by atoms with van der Waals surface area (Å²) >= 11 is 0.837. The molecule has 0 saturated carbocycles. The Bertz CT molecular complexity index is 854. The van der Waals surface area contributed by atoms with Crippen LogP contribution in [-0.2, 0) is 11.0 Å². The molecular weight excluding hydrogens is 386 g/mol. The Morgan fingerprint density at radius 3 is 2.27 bits per heavy atom. The third-order valence-corrected chi connectivity index (χ3v) is 3.77. The number of benzene rings is 1. The lowest BCUT2D eigenvalue weighted by molar-refractivity contribution is -0.166. The van der Waals surface area contributed by atoms with Crippen LogP contribution in [0.5, 0.6) is 0 Å². The summed E-state index contributed by atoms with van der Waals surface area (Å²) in [5.41, 5.74) is -2.95. The van der Waals surface area contributed by atoms with Crippen LogP contribution >= 0.6 is 11.3 Å². The van der Waals surface area contributed by atoms with E-state index < -0.39 is 40.8 Å². The highest BCUT2D eigenvalue weighted by molar-refractivity contribution is 7.11. The van der Waals surface area contributed by atoms with Crippen molar-refractivity contribution >= 4 is 28.6 Å². The molecule has 0 aliphatic rings. The van der Waals surface area contributed by atoms with Crippen LogP contribution < -0.4 is 0 Å². The van der Waals surface area contributed by atoms with Gasteiger partial charge >= 0.3 is 12.4 Å². The Balaban J connectivity index is 2.47. The van der Waals surface area contributed by atoms with Crippen molar-refractivity contribution < 1.29 is 36.2 Å². The molecule has 0 spiro atoms. The second-order valence-corrected chi connectivity index (χ2v) is 5.70. The van der Waals surface area contributed by atoms with Crippen molar-refractivity contribution in [3.63, 3.8) is 0 Å². The van der Waals surface area contributed by atoms with Gasteiger partial charge in [0.2, 0.25) is 0 Å². The molecule has 1 aromatic heterocycles. The number of rotatable bonds is 4. The molecule has 2 aromatic rings. The van der Waals surface area contributed by atoms with Gasteiger partial charge in [0, 0.05) is 0 Å². The fourth-order valence-corrected chi connectivity index (χ4v) is 2.39. The number of carbonyl (C=O) groups excluding carboxylic acids is 1. The second-order valence-electron chi connectivity index (χ2n) is 4.75. The van der Waals surface area contributed by atoms with Crippen LogP contribution in [0.4, 0.5) is 32.0 Å². The average molecular weight is 394 g/mol. The number of thiophene rings is 1. The molecule has 138 valence electrons. The predicted octanol–water partition coefficient (Wildman–Crippen LogP) is 5.91. The topological polar surface area (TPSA) is 62.0 Å². The maximum absolute atomic E-state index is 12.7. The minimum absolute atomic E-state index is 0.0828. The van der Waals surface area contributed by atoms with Crippen LogP contribution in [0.3, 0.4) is 0 Å². The Morgan fingerprint density at radius 1 is 1.04 bits per heavy atom. The summed E-state index contributed by atoms with van der Waals surface area (Å²) in [6.07, 6.45) is -10.0. The average Bonchev–Trinajstić information content (AvgIpc) is 3.07. The van der Waals surface area contributed by atoms with Gasteiger partial charge in [-0.15, -0.1) is 16.5 Å². The lowest BCUT2D eigenvalue weighted by atomic mass is 10.2. The second kappa shape index (κ2) is 7.28. The normalized spacial score (nSPS) is 13.8. The first-order valence-corrected chi connectivity index (χ1v) is 7.56. The van der Waals surface area contributed by atoms with Crippen molar-refractivity contribution in [1.29, 1.82) is 0 Å². The fourth-order valence-electron chi connectivity index (χ4n) is 1.72. The van der Waals surface area contributed by atoms with Crippen molar-refractivity contribution in [3.05, 3.63) is 57.9 Å². The SMILES string of the molecule is O=C(/C(N=Nc1cccc(C(F)(F)F)c1)=C(\O)c1cccs1)C(F)(F)F. The lowest BCUT2D eigenvalue weighted by Gasteiger charge is -2.08. The summed E-state index contributed by atoms with van der Waals surface area (Å²) in [6, 6.07) is 5.96. The molecule has 2 rings (SSSR count). The van der Waals surface area contributed by atoms with Gasteiger partial charge in [0.1, 0.15) is 0 Å². The fraction of sp³-hybridized carbons (Fsp3) is 0.133. The van der Waals surface area contributed by atoms with Gasteiger partial charge in [0.05, 0.1) is 16.1 Å². The third-order valence-electron chi connectivity index (χ3n) is 2.89. The van der Waals surface area contributed by atoms with Gasteiger partial charge in [0.25, 0.3) is 5.78 Å². The van der Waals surface area contributed by atoms with Crippen molar-refractivity contribution in [2.45, 2.75) is 12.4 Å². The van der Waals surface area contributed by atoms with E-state index in [9.17, 15) is 36.2 Å². The van der Waals surface area contributed by atoms with E-state index in [1.54, 1.807) is 0 Å². The van der Waals surface area contributed by atoms with Crippen LogP contribution in [0.15, 0.2) is 57.7 Å². The van der Waals surface area contributed by atoms with Crippen molar-refractivity contribution in [2.24, 2.45) is 10.2 Å². The van der Waals surface area contributed by atoms with Crippen molar-refractivity contribution in [3.8, 4) is 0 Å². The van der Waals surface area contributed by atoms with Gasteiger partial charge in [-0.3, -0.25) is 4.79 Å². The van der Waals surface area contributed by atoms with E-state index in [-0.39, 0.29) is 4.88 Å². The molecule has 1 aromatic carbocycles. The van der Waals surface area contributed by atoms with Gasteiger partial charge < -0.3 is 5.11 Å². The summed E-state index contributed by atoms with van der Waals surface area (Å²) in [5, 5.41) is 17.6. The number of nitrogens with zero attached hydrogens (tertiary/aromatic N) is 2. The number of hydrogen-bond acceptors (Lipinski definition) is 5. The molecule has 1 N–H and O–H groups in total. The zero-order chi connectivity index (χ0) is 19.5. The molecule has 0 aliphatic heterocycles. The van der Waals surface area contributed by atoms with E-state index in [1.165, 1.54) is 17.5 Å². The first-order valence-electron chi connectivity index (χ1n) is 6.68. The van der Waals surface area contributed by atoms with E-state index in [0.29, 0.717) is 6.07 Å². The number of carbonyl (C=O) groups is 1. The summed E-state index contributed by atoms with van der Waals surface area (Å²) in [7, 11) is 0. The van der Waals surface area contributed by atoms with Gasteiger partial charge in [-0.1, -0.05) is 12.1 Å². The van der Waals surface area contributed by atoms with Crippen molar-refractivity contribution in [1.82, 2.24) is 0 Å². The smallest absolute Gasteiger partial charge is 0.456 e. The molecule has 26 heavy (non-hydrogen) atoms. The molecule has 1 heterocycles. The number of alkyl halides is 6. The molecule has 0 unspecified atom stereocenters.